The van der Waals surface area contributed by atoms with E-state index in [2.05, 4.69) is 92.9 Å². The van der Waals surface area contributed by atoms with Crippen LogP contribution in [0.1, 0.15) is 50.4 Å². The summed E-state index contributed by atoms with van der Waals surface area (Å²) in [6, 6.07) is 18.1. The molecule has 206 valence electrons. The Balaban J connectivity index is 0.00000127. The minimum atomic E-state index is 0. The number of nitrogens with zero attached hydrogens (tertiary/aromatic N) is 2. The molecular weight excluding hydrogens is 562 g/mol. The SMILES string of the molecule is C[C@H]1CCN[C@@H]1c1ncc(-c2ccc(-c3ccc(-c4cnc([C@H]5NCC[C@@H]5C)[nH]4)cc3)cc2)[nH]1.Cl.Cl.Cl.Cl. The first-order valence-corrected chi connectivity index (χ1v) is 12.4. The van der Waals surface area contributed by atoms with Gasteiger partial charge < -0.3 is 20.6 Å². The van der Waals surface area contributed by atoms with Gasteiger partial charge in [0.1, 0.15) is 11.6 Å². The fraction of sp³-hybridized carbons (Fsp3) is 0.357. The summed E-state index contributed by atoms with van der Waals surface area (Å²) in [5.41, 5.74) is 6.86. The number of hydrogen-bond donors (Lipinski definition) is 4. The molecule has 10 heteroatoms. The standard InChI is InChI=1S/C28H32N6.4ClH/c1-17-11-13-29-25(17)27-31-15-23(33-27)21-7-3-19(4-8-21)20-5-9-22(10-6-20)24-16-32-28(34-24)26-18(2)12-14-30-26;;;;/h3-10,15-18,25-26,29-30H,11-14H2,1-2H3,(H,31,33)(H,32,34);4*1H/t17-,18-,25-,26-;;;;/m0..../s1. The molecule has 0 unspecified atom stereocenters. The summed E-state index contributed by atoms with van der Waals surface area (Å²) in [5, 5.41) is 7.10. The maximum Gasteiger partial charge on any atom is 0.123 e. The Labute approximate surface area is 249 Å². The van der Waals surface area contributed by atoms with E-state index in [1.807, 2.05) is 12.4 Å². The first-order valence-electron chi connectivity index (χ1n) is 12.4. The molecule has 2 aliphatic heterocycles. The van der Waals surface area contributed by atoms with Gasteiger partial charge >= 0.3 is 0 Å². The number of hydrogen-bond acceptors (Lipinski definition) is 4. The van der Waals surface area contributed by atoms with Gasteiger partial charge in [-0.05, 0) is 60.0 Å². The van der Waals surface area contributed by atoms with Gasteiger partial charge in [0.2, 0.25) is 0 Å². The smallest absolute Gasteiger partial charge is 0.123 e. The highest BCUT2D eigenvalue weighted by molar-refractivity contribution is 5.86. The fourth-order valence-corrected chi connectivity index (χ4v) is 5.37. The highest BCUT2D eigenvalue weighted by Gasteiger charge is 2.27. The van der Waals surface area contributed by atoms with Crippen LogP contribution in [-0.2, 0) is 0 Å². The van der Waals surface area contributed by atoms with Crippen LogP contribution >= 0.6 is 49.6 Å². The number of aromatic amines is 2. The molecule has 2 aliphatic rings. The number of rotatable bonds is 5. The molecule has 4 heterocycles. The van der Waals surface area contributed by atoms with E-state index in [1.165, 1.54) is 24.0 Å². The van der Waals surface area contributed by atoms with Crippen LogP contribution in [0.15, 0.2) is 60.9 Å². The Morgan fingerprint density at radius 2 is 0.895 bits per heavy atom. The summed E-state index contributed by atoms with van der Waals surface area (Å²) in [4.78, 5) is 16.3. The van der Waals surface area contributed by atoms with Crippen LogP contribution in [-0.4, -0.2) is 33.0 Å². The van der Waals surface area contributed by atoms with Crippen LogP contribution in [0.25, 0.3) is 33.6 Å². The maximum atomic E-state index is 4.64. The van der Waals surface area contributed by atoms with Gasteiger partial charge in [0.05, 0.1) is 35.9 Å². The van der Waals surface area contributed by atoms with Gasteiger partial charge in [-0.15, -0.1) is 49.6 Å². The van der Waals surface area contributed by atoms with E-state index >= 15 is 0 Å². The summed E-state index contributed by atoms with van der Waals surface area (Å²) >= 11 is 0. The normalized spacial score (nSPS) is 22.1. The van der Waals surface area contributed by atoms with Crippen molar-refractivity contribution in [2.45, 2.75) is 38.8 Å². The predicted molar refractivity (Wildman–Crippen MR) is 165 cm³/mol. The monoisotopic (exact) mass is 596 g/mol. The second-order valence-corrected chi connectivity index (χ2v) is 9.91. The topological polar surface area (TPSA) is 81.4 Å². The molecule has 0 amide bonds. The Hall–Kier alpha value is -2.06. The number of halogens is 4. The van der Waals surface area contributed by atoms with Crippen LogP contribution < -0.4 is 10.6 Å². The van der Waals surface area contributed by atoms with Crippen LogP contribution in [0.3, 0.4) is 0 Å². The van der Waals surface area contributed by atoms with Crippen molar-refractivity contribution in [3.05, 3.63) is 72.6 Å². The molecule has 4 atom stereocenters. The molecule has 6 nitrogen and oxygen atoms in total. The van der Waals surface area contributed by atoms with E-state index < -0.39 is 0 Å². The molecular formula is C28H36Cl4N6. The minimum Gasteiger partial charge on any atom is -0.341 e. The van der Waals surface area contributed by atoms with Crippen molar-refractivity contribution >= 4 is 49.6 Å². The zero-order valence-corrected chi connectivity index (χ0v) is 24.7. The largest absolute Gasteiger partial charge is 0.341 e. The van der Waals surface area contributed by atoms with Crippen molar-refractivity contribution in [1.29, 1.82) is 0 Å². The number of benzene rings is 2. The highest BCUT2D eigenvalue weighted by Crippen LogP contribution is 2.31. The average molecular weight is 598 g/mol. The highest BCUT2D eigenvalue weighted by atomic mass is 35.5. The van der Waals surface area contributed by atoms with Crippen LogP contribution in [0.4, 0.5) is 0 Å². The van der Waals surface area contributed by atoms with E-state index in [1.54, 1.807) is 0 Å². The molecule has 2 aromatic heterocycles. The van der Waals surface area contributed by atoms with Crippen molar-refractivity contribution in [3.8, 4) is 33.6 Å². The van der Waals surface area contributed by atoms with Gasteiger partial charge in [0.25, 0.3) is 0 Å². The zero-order valence-electron chi connectivity index (χ0n) is 21.4. The lowest BCUT2D eigenvalue weighted by Crippen LogP contribution is -2.17. The van der Waals surface area contributed by atoms with Gasteiger partial charge in [-0.3, -0.25) is 0 Å². The van der Waals surface area contributed by atoms with E-state index in [9.17, 15) is 0 Å². The van der Waals surface area contributed by atoms with Crippen LogP contribution in [0.5, 0.6) is 0 Å². The summed E-state index contributed by atoms with van der Waals surface area (Å²) in [5.74, 6) is 3.31. The minimum absolute atomic E-state index is 0. The second kappa shape index (κ2) is 13.8. The van der Waals surface area contributed by atoms with Crippen molar-refractivity contribution in [1.82, 2.24) is 30.6 Å². The first-order chi connectivity index (χ1) is 16.7. The van der Waals surface area contributed by atoms with Crippen LogP contribution in [0.2, 0.25) is 0 Å². The van der Waals surface area contributed by atoms with E-state index in [0.717, 1.165) is 47.3 Å². The Morgan fingerprint density at radius 3 is 1.21 bits per heavy atom. The van der Waals surface area contributed by atoms with Crippen LogP contribution in [0, 0.1) is 11.8 Å². The lowest BCUT2D eigenvalue weighted by atomic mass is 10.0. The number of aromatic nitrogens is 4. The van der Waals surface area contributed by atoms with Crippen molar-refractivity contribution in [3.63, 3.8) is 0 Å². The molecule has 2 fully saturated rings. The summed E-state index contributed by atoms with van der Waals surface area (Å²) in [7, 11) is 0. The number of H-pyrrole nitrogens is 2. The van der Waals surface area contributed by atoms with E-state index in [4.69, 9.17) is 0 Å². The molecule has 38 heavy (non-hydrogen) atoms. The fourth-order valence-electron chi connectivity index (χ4n) is 5.37. The predicted octanol–water partition coefficient (Wildman–Crippen LogP) is 7.16. The molecule has 4 N–H and O–H groups in total. The summed E-state index contributed by atoms with van der Waals surface area (Å²) in [6.45, 7) is 6.69. The lowest BCUT2D eigenvalue weighted by molar-refractivity contribution is 0.483. The van der Waals surface area contributed by atoms with Gasteiger partial charge in [-0.25, -0.2) is 9.97 Å². The van der Waals surface area contributed by atoms with Gasteiger partial charge in [0.15, 0.2) is 0 Å². The lowest BCUT2D eigenvalue weighted by Gasteiger charge is -2.12. The Bertz CT molecular complexity index is 1170. The second-order valence-electron chi connectivity index (χ2n) is 9.91. The molecule has 0 spiro atoms. The third-order valence-corrected chi connectivity index (χ3v) is 7.57. The van der Waals surface area contributed by atoms with Crippen molar-refractivity contribution < 1.29 is 0 Å². The summed E-state index contributed by atoms with van der Waals surface area (Å²) in [6.07, 6.45) is 6.30. The number of nitrogens with one attached hydrogen (secondary N) is 4. The molecule has 0 bridgehead atoms. The third-order valence-electron chi connectivity index (χ3n) is 7.57. The van der Waals surface area contributed by atoms with Gasteiger partial charge in [-0.1, -0.05) is 62.4 Å². The maximum absolute atomic E-state index is 4.64. The molecule has 0 aliphatic carbocycles. The molecule has 6 rings (SSSR count). The number of imidazole rings is 2. The molecule has 2 aromatic carbocycles. The molecule has 0 radical (unpaired) electrons. The Morgan fingerprint density at radius 1 is 0.553 bits per heavy atom. The average Bonchev–Trinajstić information content (AvgIpc) is 3.66. The zero-order chi connectivity index (χ0) is 23.1. The van der Waals surface area contributed by atoms with Gasteiger partial charge in [-0.2, -0.15) is 0 Å². The van der Waals surface area contributed by atoms with Crippen molar-refractivity contribution in [2.75, 3.05) is 13.1 Å². The van der Waals surface area contributed by atoms with E-state index in [-0.39, 0.29) is 49.6 Å². The van der Waals surface area contributed by atoms with Gasteiger partial charge in [0, 0.05) is 0 Å². The van der Waals surface area contributed by atoms with Crippen molar-refractivity contribution in [2.24, 2.45) is 11.8 Å². The summed E-state index contributed by atoms with van der Waals surface area (Å²) < 4.78 is 0. The quantitative estimate of drug-likeness (QED) is 0.197. The van der Waals surface area contributed by atoms with E-state index in [0.29, 0.717) is 23.9 Å². The molecule has 4 aromatic rings. The molecule has 2 saturated heterocycles. The third kappa shape index (κ3) is 6.39. The molecule has 0 saturated carbocycles. The first kappa shape index (κ1) is 32.2. The Kier molecular flexibility index (Phi) is 11.7.